The summed E-state index contributed by atoms with van der Waals surface area (Å²) in [6, 6.07) is 0.558. The molecule has 1 heteroatoms. The van der Waals surface area contributed by atoms with Crippen LogP contribution in [-0.2, 0) is 0 Å². The number of rotatable bonds is 2. The Kier molecular flexibility index (Phi) is 2.92. The summed E-state index contributed by atoms with van der Waals surface area (Å²) in [6.07, 6.45) is 9.99. The molecule has 2 saturated carbocycles. The maximum Gasteiger partial charge on any atom is 0.00699 e. The van der Waals surface area contributed by atoms with Crippen LogP contribution in [0.1, 0.15) is 51.9 Å². The smallest absolute Gasteiger partial charge is 0.00699 e. The van der Waals surface area contributed by atoms with Crippen molar-refractivity contribution in [3.05, 3.63) is 0 Å². The van der Waals surface area contributed by atoms with Crippen LogP contribution in [0, 0.1) is 17.8 Å². The molecule has 0 aliphatic heterocycles. The predicted octanol–water partition coefficient (Wildman–Crippen LogP) is 2.94. The van der Waals surface area contributed by atoms with Gasteiger partial charge in [0.15, 0.2) is 0 Å². The summed E-state index contributed by atoms with van der Waals surface area (Å²) in [6.45, 7) is 2.33. The van der Waals surface area contributed by atoms with E-state index in [1.54, 1.807) is 0 Å². The Morgan fingerprint density at radius 2 is 1.69 bits per heavy atom. The average Bonchev–Trinajstić information content (AvgIpc) is 2.17. The third-order valence-electron chi connectivity index (χ3n) is 4.46. The van der Waals surface area contributed by atoms with Crippen molar-refractivity contribution in [2.45, 2.75) is 57.9 Å². The van der Waals surface area contributed by atoms with Crippen LogP contribution in [0.2, 0.25) is 0 Å². The standard InChI is InChI=1S/C12H23N/c1-2-9-3-5-10(6-4-9)11-7-8-12(11)13/h9-12H,2-8,13H2,1H3. The zero-order valence-corrected chi connectivity index (χ0v) is 8.84. The van der Waals surface area contributed by atoms with E-state index in [4.69, 9.17) is 5.73 Å². The van der Waals surface area contributed by atoms with Gasteiger partial charge in [-0.1, -0.05) is 26.2 Å². The lowest BCUT2D eigenvalue weighted by atomic mass is 9.65. The summed E-state index contributed by atoms with van der Waals surface area (Å²) in [7, 11) is 0. The Labute approximate surface area is 82.1 Å². The van der Waals surface area contributed by atoms with Crippen molar-refractivity contribution in [1.29, 1.82) is 0 Å². The minimum atomic E-state index is 0.558. The fourth-order valence-corrected chi connectivity index (χ4v) is 3.16. The molecular weight excluding hydrogens is 158 g/mol. The van der Waals surface area contributed by atoms with E-state index >= 15 is 0 Å². The van der Waals surface area contributed by atoms with Crippen LogP contribution in [0.25, 0.3) is 0 Å². The topological polar surface area (TPSA) is 26.0 Å². The zero-order chi connectivity index (χ0) is 9.26. The van der Waals surface area contributed by atoms with Crippen LogP contribution >= 0.6 is 0 Å². The molecule has 2 rings (SSSR count). The van der Waals surface area contributed by atoms with E-state index in [0.29, 0.717) is 6.04 Å². The quantitative estimate of drug-likeness (QED) is 0.696. The van der Waals surface area contributed by atoms with Gasteiger partial charge in [0.1, 0.15) is 0 Å². The molecular formula is C12H23N. The summed E-state index contributed by atoms with van der Waals surface area (Å²) in [5.41, 5.74) is 6.02. The lowest BCUT2D eigenvalue weighted by Crippen LogP contribution is -2.44. The Hall–Kier alpha value is -0.0400. The van der Waals surface area contributed by atoms with Gasteiger partial charge in [-0.05, 0) is 43.4 Å². The predicted molar refractivity (Wildman–Crippen MR) is 56.4 cm³/mol. The van der Waals surface area contributed by atoms with E-state index in [-0.39, 0.29) is 0 Å². The van der Waals surface area contributed by atoms with Gasteiger partial charge in [0.25, 0.3) is 0 Å². The van der Waals surface area contributed by atoms with Crippen LogP contribution in [0.15, 0.2) is 0 Å². The van der Waals surface area contributed by atoms with Gasteiger partial charge in [-0.15, -0.1) is 0 Å². The van der Waals surface area contributed by atoms with Gasteiger partial charge in [0, 0.05) is 6.04 Å². The molecule has 2 atom stereocenters. The van der Waals surface area contributed by atoms with Crippen molar-refractivity contribution in [2.24, 2.45) is 23.5 Å². The second kappa shape index (κ2) is 4.00. The van der Waals surface area contributed by atoms with Crippen molar-refractivity contribution < 1.29 is 0 Å². The van der Waals surface area contributed by atoms with Gasteiger partial charge in [0.05, 0.1) is 0 Å². The Morgan fingerprint density at radius 1 is 1.00 bits per heavy atom. The first-order chi connectivity index (χ1) is 6.31. The number of hydrogen-bond acceptors (Lipinski definition) is 1. The lowest BCUT2D eigenvalue weighted by Gasteiger charge is -2.42. The fraction of sp³-hybridized carbons (Fsp3) is 1.00. The normalized spacial score (nSPS) is 45.7. The highest BCUT2D eigenvalue weighted by Crippen LogP contribution is 2.42. The van der Waals surface area contributed by atoms with E-state index in [1.807, 2.05) is 0 Å². The van der Waals surface area contributed by atoms with Gasteiger partial charge in [-0.2, -0.15) is 0 Å². The lowest BCUT2D eigenvalue weighted by molar-refractivity contribution is 0.113. The van der Waals surface area contributed by atoms with Gasteiger partial charge < -0.3 is 5.73 Å². The maximum atomic E-state index is 6.02. The first kappa shape index (κ1) is 9.51. The number of hydrogen-bond donors (Lipinski definition) is 1. The molecule has 2 N–H and O–H groups in total. The fourth-order valence-electron chi connectivity index (χ4n) is 3.16. The van der Waals surface area contributed by atoms with Crippen molar-refractivity contribution >= 4 is 0 Å². The third kappa shape index (κ3) is 1.90. The van der Waals surface area contributed by atoms with Crippen LogP contribution in [0.3, 0.4) is 0 Å². The van der Waals surface area contributed by atoms with E-state index < -0.39 is 0 Å². The van der Waals surface area contributed by atoms with Crippen molar-refractivity contribution in [2.75, 3.05) is 0 Å². The molecule has 2 aliphatic rings. The van der Waals surface area contributed by atoms with E-state index in [2.05, 4.69) is 6.92 Å². The second-order valence-electron chi connectivity index (χ2n) is 5.09. The molecule has 76 valence electrons. The molecule has 0 aromatic heterocycles. The molecule has 0 heterocycles. The Bertz CT molecular complexity index is 159. The van der Waals surface area contributed by atoms with Gasteiger partial charge in [-0.3, -0.25) is 0 Å². The molecule has 0 aromatic carbocycles. The summed E-state index contributed by atoms with van der Waals surface area (Å²) >= 11 is 0. The van der Waals surface area contributed by atoms with E-state index in [9.17, 15) is 0 Å². The molecule has 0 saturated heterocycles. The molecule has 2 unspecified atom stereocenters. The minimum Gasteiger partial charge on any atom is -0.327 e. The monoisotopic (exact) mass is 181 g/mol. The van der Waals surface area contributed by atoms with Crippen molar-refractivity contribution in [3.8, 4) is 0 Å². The van der Waals surface area contributed by atoms with Crippen LogP contribution in [0.4, 0.5) is 0 Å². The largest absolute Gasteiger partial charge is 0.327 e. The highest BCUT2D eigenvalue weighted by molar-refractivity contribution is 4.90. The highest BCUT2D eigenvalue weighted by Gasteiger charge is 2.35. The van der Waals surface area contributed by atoms with Crippen LogP contribution < -0.4 is 5.73 Å². The molecule has 0 radical (unpaired) electrons. The summed E-state index contributed by atoms with van der Waals surface area (Å²) < 4.78 is 0. The number of nitrogens with two attached hydrogens (primary N) is 1. The molecule has 0 spiro atoms. The Morgan fingerprint density at radius 3 is 2.08 bits per heavy atom. The molecule has 0 bridgehead atoms. The molecule has 0 aromatic rings. The molecule has 0 amide bonds. The SMILES string of the molecule is CCC1CCC(C2CCC2N)CC1. The molecule has 2 aliphatic carbocycles. The molecule has 2 fully saturated rings. The first-order valence-corrected chi connectivity index (χ1v) is 6.06. The van der Waals surface area contributed by atoms with E-state index in [1.165, 1.54) is 44.9 Å². The summed E-state index contributed by atoms with van der Waals surface area (Å²) in [5, 5.41) is 0. The first-order valence-electron chi connectivity index (χ1n) is 6.06. The minimum absolute atomic E-state index is 0.558. The van der Waals surface area contributed by atoms with Crippen molar-refractivity contribution in [3.63, 3.8) is 0 Å². The maximum absolute atomic E-state index is 6.02. The van der Waals surface area contributed by atoms with Gasteiger partial charge >= 0.3 is 0 Å². The molecule has 13 heavy (non-hydrogen) atoms. The third-order valence-corrected chi connectivity index (χ3v) is 4.46. The average molecular weight is 181 g/mol. The Balaban J connectivity index is 1.77. The zero-order valence-electron chi connectivity index (χ0n) is 8.84. The summed E-state index contributed by atoms with van der Waals surface area (Å²) in [4.78, 5) is 0. The highest BCUT2D eigenvalue weighted by atomic mass is 14.7. The van der Waals surface area contributed by atoms with Crippen molar-refractivity contribution in [1.82, 2.24) is 0 Å². The summed E-state index contributed by atoms with van der Waals surface area (Å²) in [5.74, 6) is 2.93. The second-order valence-corrected chi connectivity index (χ2v) is 5.09. The van der Waals surface area contributed by atoms with Crippen LogP contribution in [-0.4, -0.2) is 6.04 Å². The van der Waals surface area contributed by atoms with Gasteiger partial charge in [-0.25, -0.2) is 0 Å². The van der Waals surface area contributed by atoms with Crippen LogP contribution in [0.5, 0.6) is 0 Å². The van der Waals surface area contributed by atoms with Gasteiger partial charge in [0.2, 0.25) is 0 Å². The molecule has 1 nitrogen and oxygen atoms in total. The van der Waals surface area contributed by atoms with E-state index in [0.717, 1.165) is 17.8 Å².